The first-order chi connectivity index (χ1) is 12.3. The first-order valence-electron chi connectivity index (χ1n) is 8.39. The topological polar surface area (TPSA) is 90.9 Å². The van der Waals surface area contributed by atoms with Crippen LogP contribution in [0.5, 0.6) is 0 Å². The molecule has 1 aliphatic rings. The second kappa shape index (κ2) is 5.75. The highest BCUT2D eigenvalue weighted by Crippen LogP contribution is 2.69. The lowest BCUT2D eigenvalue weighted by molar-refractivity contribution is 0.596. The van der Waals surface area contributed by atoms with Crippen molar-refractivity contribution in [1.29, 1.82) is 0 Å². The van der Waals surface area contributed by atoms with Gasteiger partial charge in [0.1, 0.15) is 0 Å². The van der Waals surface area contributed by atoms with E-state index in [4.69, 9.17) is 5.14 Å². The number of nitrogens with zero attached hydrogens (tertiary/aromatic N) is 3. The summed E-state index contributed by atoms with van der Waals surface area (Å²) in [7, 11) is -3.67. The Morgan fingerprint density at radius 2 is 1.65 bits per heavy atom. The molecule has 1 aliphatic carbocycles. The van der Waals surface area contributed by atoms with Crippen molar-refractivity contribution >= 4 is 10.0 Å². The van der Waals surface area contributed by atoms with Gasteiger partial charge in [0.25, 0.3) is 0 Å². The molecule has 134 valence electrons. The molecule has 2 aromatic carbocycles. The lowest BCUT2D eigenvalue weighted by atomic mass is 10.0. The fraction of sp³-hybridized carbons (Fsp3) is 0.263. The number of benzene rings is 2. The number of primary sulfonamides is 1. The number of aromatic nitrogens is 3. The zero-order valence-corrected chi connectivity index (χ0v) is 15.4. The van der Waals surface area contributed by atoms with E-state index in [9.17, 15) is 8.42 Å². The second-order valence-corrected chi connectivity index (χ2v) is 8.88. The lowest BCUT2D eigenvalue weighted by Gasteiger charge is -2.04. The average molecular weight is 368 g/mol. The summed E-state index contributed by atoms with van der Waals surface area (Å²) in [5.74, 6) is 0.498. The minimum Gasteiger partial charge on any atom is -0.225 e. The highest BCUT2D eigenvalue weighted by molar-refractivity contribution is 7.89. The Morgan fingerprint density at radius 3 is 2.27 bits per heavy atom. The van der Waals surface area contributed by atoms with E-state index >= 15 is 0 Å². The van der Waals surface area contributed by atoms with Crippen LogP contribution in [0.25, 0.3) is 5.69 Å². The monoisotopic (exact) mass is 368 g/mol. The van der Waals surface area contributed by atoms with Crippen LogP contribution in [-0.4, -0.2) is 23.4 Å². The predicted molar refractivity (Wildman–Crippen MR) is 98.4 cm³/mol. The van der Waals surface area contributed by atoms with Gasteiger partial charge in [-0.15, -0.1) is 5.10 Å². The molecule has 0 amide bonds. The lowest BCUT2D eigenvalue weighted by Crippen LogP contribution is -2.11. The van der Waals surface area contributed by atoms with Crippen LogP contribution < -0.4 is 5.14 Å². The Balaban J connectivity index is 1.62. The number of para-hydroxylation sites is 1. The van der Waals surface area contributed by atoms with Gasteiger partial charge in [-0.05, 0) is 41.2 Å². The van der Waals surface area contributed by atoms with Gasteiger partial charge in [-0.1, -0.05) is 49.4 Å². The summed E-state index contributed by atoms with van der Waals surface area (Å²) in [6.07, 6.45) is 1.97. The van der Waals surface area contributed by atoms with Crippen molar-refractivity contribution in [1.82, 2.24) is 15.0 Å². The highest BCUT2D eigenvalue weighted by Gasteiger charge is 2.60. The second-order valence-electron chi connectivity index (χ2n) is 7.31. The standard InChI is InChI=1S/C19H20N4O2S/c1-19(2)17(13-8-10-15(11-9-13)26(20,24)25)18(19)16-12-23(22-21-16)14-6-4-3-5-7-14/h3-12,17-18H,1-2H3,(H2,20,24,25)/t17-,18-/m0/s1. The molecule has 1 heterocycles. The smallest absolute Gasteiger partial charge is 0.225 e. The fourth-order valence-electron chi connectivity index (χ4n) is 3.80. The zero-order chi connectivity index (χ0) is 18.5. The molecular formula is C19H20N4O2S. The van der Waals surface area contributed by atoms with Gasteiger partial charge in [0, 0.05) is 5.92 Å². The Bertz CT molecular complexity index is 1040. The Morgan fingerprint density at radius 1 is 1.00 bits per heavy atom. The summed E-state index contributed by atoms with van der Waals surface area (Å²) in [6, 6.07) is 16.7. The Hall–Kier alpha value is -2.51. The van der Waals surface area contributed by atoms with E-state index < -0.39 is 10.0 Å². The van der Waals surface area contributed by atoms with Gasteiger partial charge in [0.05, 0.1) is 22.5 Å². The number of hydrogen-bond donors (Lipinski definition) is 1. The fourth-order valence-corrected chi connectivity index (χ4v) is 4.32. The third kappa shape index (κ3) is 2.83. The molecule has 0 unspecified atom stereocenters. The molecule has 0 radical (unpaired) electrons. The summed E-state index contributed by atoms with van der Waals surface area (Å²) >= 11 is 0. The third-order valence-electron chi connectivity index (χ3n) is 5.25. The molecule has 1 saturated carbocycles. The van der Waals surface area contributed by atoms with Crippen molar-refractivity contribution in [3.05, 3.63) is 72.1 Å². The largest absolute Gasteiger partial charge is 0.238 e. The minimum absolute atomic E-state index is 0.0284. The van der Waals surface area contributed by atoms with Gasteiger partial charge in [0.2, 0.25) is 10.0 Å². The molecule has 1 fully saturated rings. The number of sulfonamides is 1. The van der Waals surface area contributed by atoms with E-state index in [2.05, 4.69) is 24.2 Å². The van der Waals surface area contributed by atoms with Crippen LogP contribution in [0.4, 0.5) is 0 Å². The molecule has 26 heavy (non-hydrogen) atoms. The van der Waals surface area contributed by atoms with E-state index in [1.807, 2.05) is 48.7 Å². The highest BCUT2D eigenvalue weighted by atomic mass is 32.2. The molecule has 6 nitrogen and oxygen atoms in total. The maximum Gasteiger partial charge on any atom is 0.238 e. The van der Waals surface area contributed by atoms with Crippen molar-refractivity contribution < 1.29 is 8.42 Å². The summed E-state index contributed by atoms with van der Waals surface area (Å²) in [5, 5.41) is 13.8. The summed E-state index contributed by atoms with van der Waals surface area (Å²) < 4.78 is 24.7. The third-order valence-corrected chi connectivity index (χ3v) is 6.17. The number of rotatable bonds is 4. The van der Waals surface area contributed by atoms with Crippen LogP contribution in [0.15, 0.2) is 65.7 Å². The van der Waals surface area contributed by atoms with Crippen LogP contribution in [0.2, 0.25) is 0 Å². The predicted octanol–water partition coefficient (Wildman–Crippen LogP) is 2.82. The van der Waals surface area contributed by atoms with E-state index in [1.54, 1.807) is 16.8 Å². The quantitative estimate of drug-likeness (QED) is 0.766. The van der Waals surface area contributed by atoms with Gasteiger partial charge in [-0.25, -0.2) is 18.2 Å². The molecule has 0 spiro atoms. The van der Waals surface area contributed by atoms with Crippen LogP contribution in [-0.2, 0) is 10.0 Å². The van der Waals surface area contributed by atoms with Crippen molar-refractivity contribution in [2.45, 2.75) is 30.6 Å². The minimum atomic E-state index is -3.67. The van der Waals surface area contributed by atoms with E-state index in [-0.39, 0.29) is 22.1 Å². The molecule has 2 N–H and O–H groups in total. The van der Waals surface area contributed by atoms with Gasteiger partial charge >= 0.3 is 0 Å². The molecule has 0 saturated heterocycles. The molecule has 7 heteroatoms. The van der Waals surface area contributed by atoms with Crippen LogP contribution >= 0.6 is 0 Å². The van der Waals surface area contributed by atoms with Crippen LogP contribution in [0, 0.1) is 5.41 Å². The molecule has 2 atom stereocenters. The van der Waals surface area contributed by atoms with Crippen LogP contribution in [0.1, 0.15) is 36.9 Å². The Kier molecular flexibility index (Phi) is 3.75. The number of nitrogens with two attached hydrogens (primary N) is 1. The molecule has 0 bridgehead atoms. The van der Waals surface area contributed by atoms with E-state index in [0.29, 0.717) is 0 Å². The van der Waals surface area contributed by atoms with Crippen LogP contribution in [0.3, 0.4) is 0 Å². The number of hydrogen-bond acceptors (Lipinski definition) is 4. The maximum atomic E-state index is 11.4. The maximum absolute atomic E-state index is 11.4. The van der Waals surface area contributed by atoms with Gasteiger partial charge in [-0.3, -0.25) is 0 Å². The van der Waals surface area contributed by atoms with E-state index in [0.717, 1.165) is 16.9 Å². The average Bonchev–Trinajstić information content (AvgIpc) is 2.95. The summed E-state index contributed by atoms with van der Waals surface area (Å²) in [5.41, 5.74) is 3.03. The molecular weight excluding hydrogens is 348 g/mol. The van der Waals surface area contributed by atoms with Crippen molar-refractivity contribution in [3.8, 4) is 5.69 Å². The van der Waals surface area contributed by atoms with Gasteiger partial charge in [0.15, 0.2) is 0 Å². The van der Waals surface area contributed by atoms with Crippen molar-refractivity contribution in [2.24, 2.45) is 10.6 Å². The summed E-state index contributed by atoms with van der Waals surface area (Å²) in [4.78, 5) is 0.131. The van der Waals surface area contributed by atoms with Gasteiger partial charge in [-0.2, -0.15) is 0 Å². The summed E-state index contributed by atoms with van der Waals surface area (Å²) in [6.45, 7) is 4.38. The van der Waals surface area contributed by atoms with Gasteiger partial charge < -0.3 is 0 Å². The molecule has 0 aliphatic heterocycles. The normalized spacial score (nSPS) is 21.5. The molecule has 1 aromatic heterocycles. The van der Waals surface area contributed by atoms with Crippen molar-refractivity contribution in [2.75, 3.05) is 0 Å². The van der Waals surface area contributed by atoms with Crippen molar-refractivity contribution in [3.63, 3.8) is 0 Å². The Labute approximate surface area is 152 Å². The molecule has 4 rings (SSSR count). The first kappa shape index (κ1) is 16.9. The first-order valence-corrected chi connectivity index (χ1v) is 9.93. The molecule has 3 aromatic rings. The zero-order valence-electron chi connectivity index (χ0n) is 14.6. The SMILES string of the molecule is CC1(C)[C@@H](c2ccc(S(N)(=O)=O)cc2)[C@@H]1c1cn(-c2ccccc2)nn1. The van der Waals surface area contributed by atoms with E-state index in [1.165, 1.54) is 0 Å².